The fourth-order valence-electron chi connectivity index (χ4n) is 3.42. The third kappa shape index (κ3) is 2.99. The van der Waals surface area contributed by atoms with Crippen molar-refractivity contribution in [1.29, 1.82) is 0 Å². The van der Waals surface area contributed by atoms with Crippen LogP contribution in [0.15, 0.2) is 0 Å². The molecule has 1 aromatic rings. The predicted molar refractivity (Wildman–Crippen MR) is 77.9 cm³/mol. The van der Waals surface area contributed by atoms with Crippen LogP contribution >= 0.6 is 0 Å². The van der Waals surface area contributed by atoms with Crippen molar-refractivity contribution in [2.75, 3.05) is 6.54 Å². The van der Waals surface area contributed by atoms with E-state index < -0.39 is 0 Å². The second-order valence-electron chi connectivity index (χ2n) is 7.09. The van der Waals surface area contributed by atoms with E-state index in [-0.39, 0.29) is 0 Å². The SMILES string of the molecule is Cc1nc(C)n(C2CC(C(C)(C)C)CCC2CN)n1. The van der Waals surface area contributed by atoms with Crippen molar-refractivity contribution in [1.82, 2.24) is 14.8 Å². The maximum atomic E-state index is 5.98. The van der Waals surface area contributed by atoms with Gasteiger partial charge in [0.25, 0.3) is 0 Å². The Balaban J connectivity index is 2.26. The molecule has 4 heteroatoms. The quantitative estimate of drug-likeness (QED) is 0.893. The Hall–Kier alpha value is -0.900. The summed E-state index contributed by atoms with van der Waals surface area (Å²) < 4.78 is 2.13. The summed E-state index contributed by atoms with van der Waals surface area (Å²) in [6.07, 6.45) is 3.67. The van der Waals surface area contributed by atoms with Gasteiger partial charge >= 0.3 is 0 Å². The van der Waals surface area contributed by atoms with Crippen molar-refractivity contribution in [3.05, 3.63) is 11.6 Å². The van der Waals surface area contributed by atoms with E-state index >= 15 is 0 Å². The van der Waals surface area contributed by atoms with E-state index in [1.807, 2.05) is 13.8 Å². The molecule has 19 heavy (non-hydrogen) atoms. The van der Waals surface area contributed by atoms with E-state index in [4.69, 9.17) is 5.73 Å². The van der Waals surface area contributed by atoms with Gasteiger partial charge in [-0.05, 0) is 56.9 Å². The molecule has 0 saturated heterocycles. The van der Waals surface area contributed by atoms with Gasteiger partial charge in [-0.25, -0.2) is 9.67 Å². The topological polar surface area (TPSA) is 56.7 Å². The highest BCUT2D eigenvalue weighted by Crippen LogP contribution is 2.44. The molecule has 0 amide bonds. The van der Waals surface area contributed by atoms with Crippen molar-refractivity contribution < 1.29 is 0 Å². The van der Waals surface area contributed by atoms with Gasteiger partial charge in [-0.1, -0.05) is 20.8 Å². The number of hydrogen-bond acceptors (Lipinski definition) is 3. The molecular formula is C15H28N4. The minimum Gasteiger partial charge on any atom is -0.330 e. The summed E-state index contributed by atoms with van der Waals surface area (Å²) in [5.74, 6) is 3.17. The molecule has 1 fully saturated rings. The molecule has 1 aliphatic carbocycles. The van der Waals surface area contributed by atoms with Crippen LogP contribution in [0.2, 0.25) is 0 Å². The van der Waals surface area contributed by atoms with Crippen LogP contribution in [0.5, 0.6) is 0 Å². The number of aromatic nitrogens is 3. The normalized spacial score (nSPS) is 28.6. The van der Waals surface area contributed by atoms with Crippen molar-refractivity contribution in [3.63, 3.8) is 0 Å². The monoisotopic (exact) mass is 264 g/mol. The summed E-state index contributed by atoms with van der Waals surface area (Å²) in [4.78, 5) is 4.45. The molecule has 2 N–H and O–H groups in total. The Morgan fingerprint density at radius 1 is 1.26 bits per heavy atom. The van der Waals surface area contributed by atoms with E-state index in [9.17, 15) is 0 Å². The lowest BCUT2D eigenvalue weighted by Gasteiger charge is -2.41. The first-order chi connectivity index (χ1) is 8.82. The van der Waals surface area contributed by atoms with Gasteiger partial charge in [0.05, 0.1) is 6.04 Å². The Bertz CT molecular complexity index is 430. The van der Waals surface area contributed by atoms with Crippen molar-refractivity contribution in [2.24, 2.45) is 23.0 Å². The van der Waals surface area contributed by atoms with Crippen molar-refractivity contribution in [2.45, 2.75) is 59.9 Å². The van der Waals surface area contributed by atoms with E-state index in [1.54, 1.807) is 0 Å². The van der Waals surface area contributed by atoms with Crippen LogP contribution < -0.4 is 5.73 Å². The second kappa shape index (κ2) is 5.23. The molecule has 1 saturated carbocycles. The molecule has 1 aromatic heterocycles. The first kappa shape index (κ1) is 14.5. The molecule has 3 unspecified atom stereocenters. The zero-order chi connectivity index (χ0) is 14.2. The predicted octanol–water partition coefficient (Wildman–Crippen LogP) is 2.86. The molecule has 108 valence electrons. The second-order valence-corrected chi connectivity index (χ2v) is 7.09. The number of nitrogens with zero attached hydrogens (tertiary/aromatic N) is 3. The largest absolute Gasteiger partial charge is 0.330 e. The fraction of sp³-hybridized carbons (Fsp3) is 0.867. The van der Waals surface area contributed by atoms with Gasteiger partial charge in [0.1, 0.15) is 11.6 Å². The molecule has 0 spiro atoms. The summed E-state index contributed by atoms with van der Waals surface area (Å²) >= 11 is 0. The first-order valence-corrected chi connectivity index (χ1v) is 7.42. The minimum absolute atomic E-state index is 0.362. The van der Waals surface area contributed by atoms with Gasteiger partial charge in [0.2, 0.25) is 0 Å². The number of rotatable bonds is 2. The van der Waals surface area contributed by atoms with E-state index in [2.05, 4.69) is 35.5 Å². The van der Waals surface area contributed by atoms with Gasteiger partial charge in [0.15, 0.2) is 0 Å². The molecule has 3 atom stereocenters. The Labute approximate surface area is 116 Å². The zero-order valence-corrected chi connectivity index (χ0v) is 13.0. The highest BCUT2D eigenvalue weighted by molar-refractivity contribution is 4.95. The molecule has 0 aliphatic heterocycles. The summed E-state index contributed by atoms with van der Waals surface area (Å²) in [6, 6.07) is 0.421. The maximum absolute atomic E-state index is 5.98. The Morgan fingerprint density at radius 2 is 1.95 bits per heavy atom. The first-order valence-electron chi connectivity index (χ1n) is 7.42. The number of hydrogen-bond donors (Lipinski definition) is 1. The van der Waals surface area contributed by atoms with Crippen LogP contribution in [0.4, 0.5) is 0 Å². The van der Waals surface area contributed by atoms with Crippen LogP contribution in [0, 0.1) is 31.1 Å². The summed E-state index contributed by atoms with van der Waals surface area (Å²) in [5, 5.41) is 4.60. The van der Waals surface area contributed by atoms with E-state index in [0.29, 0.717) is 17.4 Å². The minimum atomic E-state index is 0.362. The number of aryl methyl sites for hydroxylation is 2. The highest BCUT2D eigenvalue weighted by Gasteiger charge is 2.37. The average molecular weight is 264 g/mol. The van der Waals surface area contributed by atoms with Gasteiger partial charge in [0, 0.05) is 0 Å². The highest BCUT2D eigenvalue weighted by atomic mass is 15.4. The standard InChI is InChI=1S/C15H28N4/c1-10-17-11(2)19(18-10)14-8-13(15(3,4)5)7-6-12(14)9-16/h12-14H,6-9,16H2,1-5H3. The molecule has 2 rings (SSSR count). The molecule has 0 bridgehead atoms. The fourth-order valence-corrected chi connectivity index (χ4v) is 3.42. The van der Waals surface area contributed by atoms with Gasteiger partial charge < -0.3 is 5.73 Å². The molecule has 0 aromatic carbocycles. The van der Waals surface area contributed by atoms with Crippen LogP contribution in [-0.2, 0) is 0 Å². The zero-order valence-electron chi connectivity index (χ0n) is 13.0. The molecule has 1 heterocycles. The summed E-state index contributed by atoms with van der Waals surface area (Å²) in [5.41, 5.74) is 6.34. The van der Waals surface area contributed by atoms with E-state index in [0.717, 1.165) is 24.1 Å². The lowest BCUT2D eigenvalue weighted by Crippen LogP contribution is -2.37. The summed E-state index contributed by atoms with van der Waals surface area (Å²) in [7, 11) is 0. The summed E-state index contributed by atoms with van der Waals surface area (Å²) in [6.45, 7) is 11.8. The Kier molecular flexibility index (Phi) is 4.00. The molecular weight excluding hydrogens is 236 g/mol. The smallest absolute Gasteiger partial charge is 0.147 e. The van der Waals surface area contributed by atoms with Gasteiger partial charge in [-0.3, -0.25) is 0 Å². The van der Waals surface area contributed by atoms with Gasteiger partial charge in [-0.2, -0.15) is 5.10 Å². The third-order valence-electron chi connectivity index (χ3n) is 4.71. The average Bonchev–Trinajstić information content (AvgIpc) is 2.66. The number of nitrogens with two attached hydrogens (primary N) is 1. The van der Waals surface area contributed by atoms with Crippen LogP contribution in [-0.4, -0.2) is 21.3 Å². The van der Waals surface area contributed by atoms with E-state index in [1.165, 1.54) is 19.3 Å². The lowest BCUT2D eigenvalue weighted by molar-refractivity contribution is 0.0981. The third-order valence-corrected chi connectivity index (χ3v) is 4.71. The van der Waals surface area contributed by atoms with Crippen LogP contribution in [0.1, 0.15) is 57.7 Å². The van der Waals surface area contributed by atoms with Crippen molar-refractivity contribution in [3.8, 4) is 0 Å². The van der Waals surface area contributed by atoms with Crippen LogP contribution in [0.3, 0.4) is 0 Å². The van der Waals surface area contributed by atoms with Crippen LogP contribution in [0.25, 0.3) is 0 Å². The molecule has 4 nitrogen and oxygen atoms in total. The van der Waals surface area contributed by atoms with Crippen molar-refractivity contribution >= 4 is 0 Å². The maximum Gasteiger partial charge on any atom is 0.147 e. The Morgan fingerprint density at radius 3 is 2.42 bits per heavy atom. The van der Waals surface area contributed by atoms with Gasteiger partial charge in [-0.15, -0.1) is 0 Å². The molecule has 1 aliphatic rings. The lowest BCUT2D eigenvalue weighted by atomic mass is 9.68. The molecule has 0 radical (unpaired) electrons.